The van der Waals surface area contributed by atoms with E-state index in [1.54, 1.807) is 0 Å². The van der Waals surface area contributed by atoms with Crippen LogP contribution in [-0.2, 0) is 0 Å². The highest BCUT2D eigenvalue weighted by Crippen LogP contribution is 2.38. The van der Waals surface area contributed by atoms with Crippen LogP contribution in [-0.4, -0.2) is 11.1 Å². The standard InChI is InChI=1S/C24H29N3/c1-15-13-23(3,4)26-21-9-7-17(11-19(15)21)25-18-8-10-22-20(12-18)16(2)14-24(5,6)27-22/h7-14,25-27H,1-6H3. The van der Waals surface area contributed by atoms with Crippen LogP contribution in [0.15, 0.2) is 48.6 Å². The summed E-state index contributed by atoms with van der Waals surface area (Å²) in [6, 6.07) is 13.1. The third-order valence-electron chi connectivity index (χ3n) is 5.25. The largest absolute Gasteiger partial charge is 0.376 e. The SMILES string of the molecule is CC1=CC(C)(C)Nc2ccc(Nc3ccc4c(c3)C(C)=CC(C)(C)N4)cc21. The van der Waals surface area contributed by atoms with Gasteiger partial charge in [0, 0.05) is 33.9 Å². The molecular formula is C24H29N3. The van der Waals surface area contributed by atoms with Gasteiger partial charge in [0.05, 0.1) is 11.1 Å². The molecule has 0 unspecified atom stereocenters. The average molecular weight is 360 g/mol. The fourth-order valence-corrected chi connectivity index (χ4v) is 4.29. The van der Waals surface area contributed by atoms with Gasteiger partial charge in [-0.25, -0.2) is 0 Å². The minimum Gasteiger partial charge on any atom is -0.376 e. The Morgan fingerprint density at radius 2 is 1.07 bits per heavy atom. The number of fused-ring (bicyclic) bond motifs is 2. The van der Waals surface area contributed by atoms with Crippen LogP contribution in [0.4, 0.5) is 22.7 Å². The lowest BCUT2D eigenvalue weighted by atomic mass is 9.90. The van der Waals surface area contributed by atoms with Crippen molar-refractivity contribution in [1.29, 1.82) is 0 Å². The van der Waals surface area contributed by atoms with Crippen molar-refractivity contribution in [1.82, 2.24) is 0 Å². The van der Waals surface area contributed by atoms with Crippen molar-refractivity contribution >= 4 is 33.9 Å². The molecule has 2 aromatic carbocycles. The number of nitrogens with one attached hydrogen (secondary N) is 3. The molecule has 4 rings (SSSR count). The Hall–Kier alpha value is -2.68. The summed E-state index contributed by atoms with van der Waals surface area (Å²) in [5.41, 5.74) is 9.74. The Labute approximate surface area is 162 Å². The van der Waals surface area contributed by atoms with Gasteiger partial charge >= 0.3 is 0 Å². The van der Waals surface area contributed by atoms with E-state index in [1.807, 2.05) is 0 Å². The van der Waals surface area contributed by atoms with E-state index in [9.17, 15) is 0 Å². The molecule has 0 aromatic heterocycles. The zero-order chi connectivity index (χ0) is 19.4. The third kappa shape index (κ3) is 3.46. The Morgan fingerprint density at radius 1 is 0.667 bits per heavy atom. The zero-order valence-electron chi connectivity index (χ0n) is 17.1. The van der Waals surface area contributed by atoms with E-state index in [1.165, 1.54) is 33.6 Å². The van der Waals surface area contributed by atoms with E-state index in [4.69, 9.17) is 0 Å². The normalized spacial score (nSPS) is 18.9. The van der Waals surface area contributed by atoms with E-state index < -0.39 is 0 Å². The maximum Gasteiger partial charge on any atom is 0.0505 e. The molecule has 0 saturated carbocycles. The van der Waals surface area contributed by atoms with E-state index in [0.717, 1.165) is 11.4 Å². The van der Waals surface area contributed by atoms with Gasteiger partial charge in [-0.05, 0) is 89.1 Å². The predicted molar refractivity (Wildman–Crippen MR) is 119 cm³/mol. The predicted octanol–water partition coefficient (Wildman–Crippen LogP) is 6.65. The van der Waals surface area contributed by atoms with Gasteiger partial charge in [0.2, 0.25) is 0 Å². The molecule has 3 heteroatoms. The van der Waals surface area contributed by atoms with Crippen LogP contribution in [0.2, 0.25) is 0 Å². The van der Waals surface area contributed by atoms with Gasteiger partial charge in [0.15, 0.2) is 0 Å². The number of allylic oxidation sites excluding steroid dienone is 2. The summed E-state index contributed by atoms with van der Waals surface area (Å²) >= 11 is 0. The maximum atomic E-state index is 3.59. The molecule has 3 N–H and O–H groups in total. The first-order valence-electron chi connectivity index (χ1n) is 9.63. The highest BCUT2D eigenvalue weighted by atomic mass is 15.0. The molecule has 0 radical (unpaired) electrons. The van der Waals surface area contributed by atoms with Gasteiger partial charge in [-0.15, -0.1) is 0 Å². The summed E-state index contributed by atoms with van der Waals surface area (Å²) in [5, 5.41) is 10.8. The minimum absolute atomic E-state index is 0.00480. The minimum atomic E-state index is -0.00480. The Bertz CT molecular complexity index is 898. The van der Waals surface area contributed by atoms with Crippen molar-refractivity contribution in [2.24, 2.45) is 0 Å². The highest BCUT2D eigenvalue weighted by molar-refractivity contribution is 5.85. The number of rotatable bonds is 2. The smallest absolute Gasteiger partial charge is 0.0505 e. The van der Waals surface area contributed by atoms with E-state index in [2.05, 4.69) is 106 Å². The van der Waals surface area contributed by atoms with Crippen molar-refractivity contribution in [3.05, 3.63) is 59.7 Å². The fourth-order valence-electron chi connectivity index (χ4n) is 4.29. The number of benzene rings is 2. The van der Waals surface area contributed by atoms with Gasteiger partial charge in [-0.1, -0.05) is 12.2 Å². The summed E-state index contributed by atoms with van der Waals surface area (Å²) in [7, 11) is 0. The molecule has 140 valence electrons. The highest BCUT2D eigenvalue weighted by Gasteiger charge is 2.23. The Kier molecular flexibility index (Phi) is 3.88. The molecule has 0 aliphatic carbocycles. The van der Waals surface area contributed by atoms with Gasteiger partial charge < -0.3 is 16.0 Å². The summed E-state index contributed by atoms with van der Waals surface area (Å²) in [6.45, 7) is 13.2. The summed E-state index contributed by atoms with van der Waals surface area (Å²) in [4.78, 5) is 0. The lowest BCUT2D eigenvalue weighted by Gasteiger charge is -2.32. The van der Waals surface area contributed by atoms with Crippen molar-refractivity contribution in [3.63, 3.8) is 0 Å². The molecule has 0 saturated heterocycles. The topological polar surface area (TPSA) is 36.1 Å². The molecule has 2 heterocycles. The third-order valence-corrected chi connectivity index (χ3v) is 5.25. The monoisotopic (exact) mass is 359 g/mol. The van der Waals surface area contributed by atoms with Crippen molar-refractivity contribution in [2.75, 3.05) is 16.0 Å². The quantitative estimate of drug-likeness (QED) is 0.562. The lowest BCUT2D eigenvalue weighted by Crippen LogP contribution is -2.31. The second-order valence-corrected chi connectivity index (χ2v) is 8.99. The fraction of sp³-hybridized carbons (Fsp3) is 0.333. The second kappa shape index (κ2) is 5.91. The molecule has 0 amide bonds. The van der Waals surface area contributed by atoms with Crippen LogP contribution in [0, 0.1) is 0 Å². The number of hydrogen-bond acceptors (Lipinski definition) is 3. The van der Waals surface area contributed by atoms with Crippen LogP contribution in [0.5, 0.6) is 0 Å². The van der Waals surface area contributed by atoms with E-state index in [-0.39, 0.29) is 11.1 Å². The number of anilines is 4. The molecule has 0 bridgehead atoms. The lowest BCUT2D eigenvalue weighted by molar-refractivity contribution is 0.707. The van der Waals surface area contributed by atoms with Crippen LogP contribution < -0.4 is 16.0 Å². The van der Waals surface area contributed by atoms with Gasteiger partial charge in [0.1, 0.15) is 0 Å². The average Bonchev–Trinajstić information content (AvgIpc) is 2.54. The van der Waals surface area contributed by atoms with Crippen LogP contribution in [0.1, 0.15) is 52.7 Å². The van der Waals surface area contributed by atoms with Gasteiger partial charge in [-0.3, -0.25) is 0 Å². The van der Waals surface area contributed by atoms with Crippen molar-refractivity contribution in [3.8, 4) is 0 Å². The summed E-state index contributed by atoms with van der Waals surface area (Å²) in [5.74, 6) is 0. The van der Waals surface area contributed by atoms with E-state index in [0.29, 0.717) is 0 Å². The van der Waals surface area contributed by atoms with Gasteiger partial charge in [-0.2, -0.15) is 0 Å². The molecule has 2 aromatic rings. The Morgan fingerprint density at radius 3 is 1.48 bits per heavy atom. The maximum absolute atomic E-state index is 3.59. The molecule has 0 spiro atoms. The van der Waals surface area contributed by atoms with Crippen LogP contribution >= 0.6 is 0 Å². The van der Waals surface area contributed by atoms with Crippen LogP contribution in [0.3, 0.4) is 0 Å². The molecule has 2 aliphatic rings. The molecule has 27 heavy (non-hydrogen) atoms. The van der Waals surface area contributed by atoms with E-state index >= 15 is 0 Å². The summed E-state index contributed by atoms with van der Waals surface area (Å²) < 4.78 is 0. The first kappa shape index (κ1) is 17.7. The molecule has 0 fully saturated rings. The summed E-state index contributed by atoms with van der Waals surface area (Å²) in [6.07, 6.45) is 4.58. The zero-order valence-corrected chi connectivity index (χ0v) is 17.1. The first-order valence-corrected chi connectivity index (χ1v) is 9.63. The van der Waals surface area contributed by atoms with Crippen LogP contribution in [0.25, 0.3) is 11.1 Å². The second-order valence-electron chi connectivity index (χ2n) is 8.99. The van der Waals surface area contributed by atoms with Gasteiger partial charge in [0.25, 0.3) is 0 Å². The van der Waals surface area contributed by atoms with Crippen molar-refractivity contribution in [2.45, 2.75) is 52.6 Å². The molecule has 0 atom stereocenters. The Balaban J connectivity index is 1.63. The number of hydrogen-bond donors (Lipinski definition) is 3. The molecular weight excluding hydrogens is 330 g/mol. The first-order chi connectivity index (χ1) is 12.6. The van der Waals surface area contributed by atoms with Crippen molar-refractivity contribution < 1.29 is 0 Å². The molecule has 3 nitrogen and oxygen atoms in total. The molecule has 2 aliphatic heterocycles.